The first-order valence-corrected chi connectivity index (χ1v) is 7.19. The second-order valence-corrected chi connectivity index (χ2v) is 5.56. The summed E-state index contributed by atoms with van der Waals surface area (Å²) in [6, 6.07) is 0.159. The number of anilines is 1. The number of nitrogens with two attached hydrogens (primary N) is 1. The number of halogens is 1. The van der Waals surface area contributed by atoms with Crippen molar-refractivity contribution >= 4 is 17.3 Å². The van der Waals surface area contributed by atoms with Crippen molar-refractivity contribution in [1.82, 2.24) is 9.78 Å². The summed E-state index contributed by atoms with van der Waals surface area (Å²) >= 11 is 6.06. The van der Waals surface area contributed by atoms with Crippen LogP contribution in [0.15, 0.2) is 11.0 Å². The minimum absolute atomic E-state index is 0.159. The lowest BCUT2D eigenvalue weighted by molar-refractivity contribution is 0.320. The van der Waals surface area contributed by atoms with Gasteiger partial charge in [0.15, 0.2) is 0 Å². The first-order chi connectivity index (χ1) is 9.13. The van der Waals surface area contributed by atoms with Gasteiger partial charge in [-0.3, -0.25) is 4.79 Å². The predicted octanol–water partition coefficient (Wildman–Crippen LogP) is 1.75. The molecule has 0 bridgehead atoms. The molecule has 1 heterocycles. The van der Waals surface area contributed by atoms with Crippen molar-refractivity contribution < 1.29 is 0 Å². The number of nitrogens with zero attached hydrogens (tertiary/aromatic N) is 2. The van der Waals surface area contributed by atoms with E-state index in [2.05, 4.69) is 10.4 Å². The van der Waals surface area contributed by atoms with Crippen LogP contribution >= 0.6 is 11.6 Å². The average Bonchev–Trinajstić information content (AvgIpc) is 2.45. The quantitative estimate of drug-likeness (QED) is 0.883. The number of hydrogen-bond donors (Lipinski definition) is 2. The Hall–Kier alpha value is -1.07. The summed E-state index contributed by atoms with van der Waals surface area (Å²) in [5.41, 5.74) is 6.16. The molecule has 1 aliphatic rings. The second kappa shape index (κ2) is 6.39. The molecule has 19 heavy (non-hydrogen) atoms. The van der Waals surface area contributed by atoms with Gasteiger partial charge in [0.1, 0.15) is 5.02 Å². The van der Waals surface area contributed by atoms with Crippen molar-refractivity contribution in [2.45, 2.75) is 38.1 Å². The van der Waals surface area contributed by atoms with Crippen LogP contribution in [0.5, 0.6) is 0 Å². The number of aromatic nitrogens is 2. The Labute approximate surface area is 118 Å². The lowest BCUT2D eigenvalue weighted by atomic mass is 9.84. The maximum absolute atomic E-state index is 11.7. The van der Waals surface area contributed by atoms with Crippen LogP contribution in [0.2, 0.25) is 5.02 Å². The average molecular weight is 285 g/mol. The zero-order chi connectivity index (χ0) is 13.8. The van der Waals surface area contributed by atoms with Gasteiger partial charge in [-0.25, -0.2) is 4.68 Å². The summed E-state index contributed by atoms with van der Waals surface area (Å²) in [6.45, 7) is 0.538. The van der Waals surface area contributed by atoms with Gasteiger partial charge in [-0.1, -0.05) is 30.9 Å². The normalized spacial score (nSPS) is 18.3. The van der Waals surface area contributed by atoms with E-state index in [4.69, 9.17) is 17.3 Å². The Morgan fingerprint density at radius 3 is 2.84 bits per heavy atom. The second-order valence-electron chi connectivity index (χ2n) is 5.19. The number of hydrogen-bond acceptors (Lipinski definition) is 4. The fourth-order valence-corrected chi connectivity index (χ4v) is 2.94. The Balaban J connectivity index is 2.14. The lowest BCUT2D eigenvalue weighted by Gasteiger charge is -2.30. The zero-order valence-electron chi connectivity index (χ0n) is 11.2. The summed E-state index contributed by atoms with van der Waals surface area (Å²) in [5.74, 6) is 0.555. The Morgan fingerprint density at radius 2 is 2.21 bits per heavy atom. The molecule has 5 nitrogen and oxygen atoms in total. The van der Waals surface area contributed by atoms with E-state index in [0.29, 0.717) is 18.2 Å². The Kier molecular flexibility index (Phi) is 4.82. The Morgan fingerprint density at radius 1 is 1.53 bits per heavy atom. The summed E-state index contributed by atoms with van der Waals surface area (Å²) in [6.07, 6.45) is 7.78. The van der Waals surface area contributed by atoms with Crippen LogP contribution in [0.1, 0.15) is 32.1 Å². The van der Waals surface area contributed by atoms with Gasteiger partial charge in [0.05, 0.1) is 11.9 Å². The van der Waals surface area contributed by atoms with Gasteiger partial charge in [-0.2, -0.15) is 5.10 Å². The minimum atomic E-state index is -0.286. The number of nitrogens with one attached hydrogen (secondary N) is 1. The zero-order valence-corrected chi connectivity index (χ0v) is 12.0. The maximum atomic E-state index is 11.7. The van der Waals surface area contributed by atoms with Crippen LogP contribution in [0.25, 0.3) is 0 Å². The minimum Gasteiger partial charge on any atom is -0.378 e. The highest BCUT2D eigenvalue weighted by molar-refractivity contribution is 6.32. The van der Waals surface area contributed by atoms with Gasteiger partial charge >= 0.3 is 0 Å². The van der Waals surface area contributed by atoms with Crippen molar-refractivity contribution in [2.24, 2.45) is 18.7 Å². The monoisotopic (exact) mass is 284 g/mol. The van der Waals surface area contributed by atoms with Gasteiger partial charge < -0.3 is 11.1 Å². The van der Waals surface area contributed by atoms with Crippen LogP contribution in [0.4, 0.5) is 5.69 Å². The van der Waals surface area contributed by atoms with Crippen molar-refractivity contribution in [2.75, 3.05) is 11.9 Å². The van der Waals surface area contributed by atoms with Crippen molar-refractivity contribution in [3.63, 3.8) is 0 Å². The highest BCUT2D eigenvalue weighted by atomic mass is 35.5. The number of rotatable bonds is 4. The largest absolute Gasteiger partial charge is 0.378 e. The van der Waals surface area contributed by atoms with Crippen LogP contribution in [-0.2, 0) is 7.05 Å². The highest BCUT2D eigenvalue weighted by Crippen LogP contribution is 2.28. The molecule has 0 spiro atoms. The van der Waals surface area contributed by atoms with Crippen LogP contribution in [0.3, 0.4) is 0 Å². The van der Waals surface area contributed by atoms with E-state index in [1.807, 2.05) is 0 Å². The molecular weight excluding hydrogens is 264 g/mol. The highest BCUT2D eigenvalue weighted by Gasteiger charge is 2.23. The third-order valence-electron chi connectivity index (χ3n) is 3.89. The molecule has 0 saturated heterocycles. The number of aryl methyl sites for hydroxylation is 1. The van der Waals surface area contributed by atoms with E-state index in [0.717, 1.165) is 0 Å². The van der Waals surface area contributed by atoms with E-state index >= 15 is 0 Å². The molecular formula is C13H21ClN4O. The van der Waals surface area contributed by atoms with Crippen molar-refractivity contribution in [1.29, 1.82) is 0 Å². The predicted molar refractivity (Wildman–Crippen MR) is 77.5 cm³/mol. The van der Waals surface area contributed by atoms with E-state index < -0.39 is 0 Å². The molecule has 1 aromatic rings. The third kappa shape index (κ3) is 3.28. The summed E-state index contributed by atoms with van der Waals surface area (Å²) in [7, 11) is 1.58. The van der Waals surface area contributed by atoms with Gasteiger partial charge in [-0.15, -0.1) is 0 Å². The first-order valence-electron chi connectivity index (χ1n) is 6.82. The molecule has 0 amide bonds. The molecule has 3 N–H and O–H groups in total. The van der Waals surface area contributed by atoms with Crippen LogP contribution < -0.4 is 16.6 Å². The summed E-state index contributed by atoms with van der Waals surface area (Å²) in [4.78, 5) is 11.7. The van der Waals surface area contributed by atoms with E-state index in [-0.39, 0.29) is 16.6 Å². The summed E-state index contributed by atoms with van der Waals surface area (Å²) < 4.78 is 1.23. The summed E-state index contributed by atoms with van der Waals surface area (Å²) in [5, 5.41) is 7.48. The smallest absolute Gasteiger partial charge is 0.287 e. The van der Waals surface area contributed by atoms with Gasteiger partial charge in [0.25, 0.3) is 5.56 Å². The van der Waals surface area contributed by atoms with E-state index in [1.54, 1.807) is 13.2 Å². The molecule has 0 aromatic carbocycles. The molecule has 1 aliphatic carbocycles. The molecule has 106 valence electrons. The first kappa shape index (κ1) is 14.3. The maximum Gasteiger partial charge on any atom is 0.287 e. The fraction of sp³-hybridized carbons (Fsp3) is 0.692. The lowest BCUT2D eigenvalue weighted by Crippen LogP contribution is -2.38. The third-order valence-corrected chi connectivity index (χ3v) is 4.26. The standard InChI is InChI=1S/C13H21ClN4O/c1-18-13(19)12(14)11(8-16-18)17-10(7-15)9-5-3-2-4-6-9/h8-10,17H,2-7,15H2,1H3. The molecule has 0 radical (unpaired) electrons. The molecule has 6 heteroatoms. The Bertz CT molecular complexity index is 482. The van der Waals surface area contributed by atoms with Crippen LogP contribution in [-0.4, -0.2) is 22.4 Å². The van der Waals surface area contributed by atoms with Gasteiger partial charge in [-0.05, 0) is 18.8 Å². The molecule has 1 fully saturated rings. The molecule has 1 atom stereocenters. The fourth-order valence-electron chi connectivity index (χ4n) is 2.72. The van der Waals surface area contributed by atoms with Crippen molar-refractivity contribution in [3.05, 3.63) is 21.6 Å². The van der Waals surface area contributed by atoms with E-state index in [1.165, 1.54) is 36.8 Å². The van der Waals surface area contributed by atoms with Gasteiger partial charge in [0, 0.05) is 19.6 Å². The topological polar surface area (TPSA) is 72.9 Å². The molecule has 1 saturated carbocycles. The van der Waals surface area contributed by atoms with Crippen molar-refractivity contribution in [3.8, 4) is 0 Å². The van der Waals surface area contributed by atoms with Crippen LogP contribution in [0, 0.1) is 5.92 Å². The SMILES string of the molecule is Cn1ncc(NC(CN)C2CCCCC2)c(Cl)c1=O. The molecule has 1 unspecified atom stereocenters. The molecule has 0 aliphatic heterocycles. The molecule has 2 rings (SSSR count). The van der Waals surface area contributed by atoms with Gasteiger partial charge in [0.2, 0.25) is 0 Å². The molecule has 1 aromatic heterocycles. The van der Waals surface area contributed by atoms with E-state index in [9.17, 15) is 4.79 Å².